The van der Waals surface area contributed by atoms with Gasteiger partial charge in [-0.1, -0.05) is 41.4 Å². The first-order valence-electron chi connectivity index (χ1n) is 8.26. The molecule has 0 bridgehead atoms. The Morgan fingerprint density at radius 3 is 2.23 bits per heavy atom. The van der Waals surface area contributed by atoms with Crippen LogP contribution in [0.15, 0.2) is 42.5 Å². The smallest absolute Gasteiger partial charge is 0.256 e. The van der Waals surface area contributed by atoms with Gasteiger partial charge in [0.05, 0.1) is 21.3 Å². The minimum Gasteiger partial charge on any atom is -0.339 e. The summed E-state index contributed by atoms with van der Waals surface area (Å²) in [5.74, 6) is -1.33. The molecule has 1 saturated heterocycles. The van der Waals surface area contributed by atoms with E-state index in [9.17, 15) is 14.0 Å². The van der Waals surface area contributed by atoms with E-state index in [1.165, 1.54) is 12.1 Å². The molecule has 0 atom stereocenters. The van der Waals surface area contributed by atoms with Crippen LogP contribution in [0.2, 0.25) is 10.0 Å². The summed E-state index contributed by atoms with van der Waals surface area (Å²) in [5.41, 5.74) is 0.448. The first kappa shape index (κ1) is 18.7. The van der Waals surface area contributed by atoms with Gasteiger partial charge in [0, 0.05) is 19.0 Å². The van der Waals surface area contributed by atoms with Crippen LogP contribution in [0, 0.1) is 11.7 Å². The van der Waals surface area contributed by atoms with E-state index in [-0.39, 0.29) is 23.3 Å². The highest BCUT2D eigenvalue weighted by Crippen LogP contribution is 2.31. The van der Waals surface area contributed by atoms with Crippen molar-refractivity contribution in [3.05, 3.63) is 63.9 Å². The number of nitrogens with one attached hydrogen (secondary N) is 1. The molecule has 2 amide bonds. The third kappa shape index (κ3) is 4.00. The van der Waals surface area contributed by atoms with Crippen LogP contribution in [0.4, 0.5) is 10.1 Å². The zero-order valence-electron chi connectivity index (χ0n) is 13.8. The van der Waals surface area contributed by atoms with Crippen molar-refractivity contribution in [1.29, 1.82) is 0 Å². The molecule has 2 aromatic carbocycles. The molecular weight excluding hydrogens is 378 g/mol. The molecular formula is C19H17Cl2FN2O2. The van der Waals surface area contributed by atoms with Crippen molar-refractivity contribution in [1.82, 2.24) is 4.90 Å². The second-order valence-corrected chi connectivity index (χ2v) is 6.95. The summed E-state index contributed by atoms with van der Waals surface area (Å²) in [4.78, 5) is 26.5. The number of likely N-dealkylation sites (tertiary alicyclic amines) is 1. The van der Waals surface area contributed by atoms with Gasteiger partial charge in [-0.15, -0.1) is 0 Å². The molecule has 1 N–H and O–H groups in total. The van der Waals surface area contributed by atoms with Crippen molar-refractivity contribution in [3.8, 4) is 0 Å². The molecule has 4 nitrogen and oxygen atoms in total. The van der Waals surface area contributed by atoms with Gasteiger partial charge >= 0.3 is 0 Å². The van der Waals surface area contributed by atoms with Gasteiger partial charge in [-0.3, -0.25) is 9.59 Å². The van der Waals surface area contributed by atoms with Crippen LogP contribution < -0.4 is 5.32 Å². The lowest BCUT2D eigenvalue weighted by atomic mass is 9.95. The summed E-state index contributed by atoms with van der Waals surface area (Å²) < 4.78 is 13.8. The van der Waals surface area contributed by atoms with E-state index in [0.717, 1.165) is 0 Å². The van der Waals surface area contributed by atoms with Gasteiger partial charge in [-0.05, 0) is 37.1 Å². The SMILES string of the molecule is O=C(Nc1c(Cl)cccc1Cl)C1CCN(C(=O)c2ccccc2F)CC1. The van der Waals surface area contributed by atoms with Crippen LogP contribution in [0.3, 0.4) is 0 Å². The van der Waals surface area contributed by atoms with Gasteiger partial charge in [-0.25, -0.2) is 4.39 Å². The minimum absolute atomic E-state index is 0.0539. The maximum Gasteiger partial charge on any atom is 0.256 e. The van der Waals surface area contributed by atoms with Gasteiger partial charge in [-0.2, -0.15) is 0 Å². The molecule has 136 valence electrons. The number of hydrogen-bond acceptors (Lipinski definition) is 2. The largest absolute Gasteiger partial charge is 0.339 e. The van der Waals surface area contributed by atoms with E-state index < -0.39 is 5.82 Å². The lowest BCUT2D eigenvalue weighted by Gasteiger charge is -2.31. The Kier molecular flexibility index (Phi) is 5.79. The Morgan fingerprint density at radius 2 is 1.62 bits per heavy atom. The van der Waals surface area contributed by atoms with Crippen LogP contribution >= 0.6 is 23.2 Å². The Hall–Kier alpha value is -2.11. The summed E-state index contributed by atoms with van der Waals surface area (Å²) in [6.07, 6.45) is 0.988. The monoisotopic (exact) mass is 394 g/mol. The number of benzene rings is 2. The van der Waals surface area contributed by atoms with Crippen molar-refractivity contribution in [2.75, 3.05) is 18.4 Å². The highest BCUT2D eigenvalue weighted by atomic mass is 35.5. The molecule has 0 aliphatic carbocycles. The summed E-state index contributed by atoms with van der Waals surface area (Å²) in [7, 11) is 0. The van der Waals surface area contributed by atoms with E-state index in [1.807, 2.05) is 0 Å². The highest BCUT2D eigenvalue weighted by Gasteiger charge is 2.29. The number of anilines is 1. The second-order valence-electron chi connectivity index (χ2n) is 6.13. The Bertz CT molecular complexity index is 816. The molecule has 2 aromatic rings. The summed E-state index contributed by atoms with van der Waals surface area (Å²) in [6.45, 7) is 0.781. The lowest BCUT2D eigenvalue weighted by Crippen LogP contribution is -2.41. The third-order valence-corrected chi connectivity index (χ3v) is 5.10. The fraction of sp³-hybridized carbons (Fsp3) is 0.263. The Morgan fingerprint density at radius 1 is 1.00 bits per heavy atom. The van der Waals surface area contributed by atoms with Crippen molar-refractivity contribution < 1.29 is 14.0 Å². The van der Waals surface area contributed by atoms with Crippen molar-refractivity contribution in [2.45, 2.75) is 12.8 Å². The van der Waals surface area contributed by atoms with E-state index in [4.69, 9.17) is 23.2 Å². The van der Waals surface area contributed by atoms with Crippen molar-refractivity contribution in [2.24, 2.45) is 5.92 Å². The quantitative estimate of drug-likeness (QED) is 0.825. The number of nitrogens with zero attached hydrogens (tertiary/aromatic N) is 1. The summed E-state index contributed by atoms with van der Waals surface area (Å²) in [6, 6.07) is 10.9. The number of halogens is 3. The topological polar surface area (TPSA) is 49.4 Å². The van der Waals surface area contributed by atoms with E-state index in [0.29, 0.717) is 41.7 Å². The average molecular weight is 395 g/mol. The maximum atomic E-state index is 13.8. The number of carbonyl (C=O) groups excluding carboxylic acids is 2. The van der Waals surface area contributed by atoms with E-state index in [2.05, 4.69) is 5.32 Å². The highest BCUT2D eigenvalue weighted by molar-refractivity contribution is 6.39. The summed E-state index contributed by atoms with van der Waals surface area (Å²) >= 11 is 12.1. The van der Waals surface area contributed by atoms with Gasteiger partial charge in [0.15, 0.2) is 0 Å². The fourth-order valence-electron chi connectivity index (χ4n) is 2.99. The predicted molar refractivity (Wildman–Crippen MR) is 100 cm³/mol. The molecule has 1 fully saturated rings. The molecule has 7 heteroatoms. The van der Waals surface area contributed by atoms with Gasteiger partial charge in [0.1, 0.15) is 5.82 Å². The average Bonchev–Trinajstić information content (AvgIpc) is 2.65. The number of amides is 2. The molecule has 1 aliphatic rings. The Balaban J connectivity index is 1.61. The normalized spacial score (nSPS) is 15.0. The Labute approximate surface area is 160 Å². The number of piperidine rings is 1. The first-order chi connectivity index (χ1) is 12.5. The molecule has 0 spiro atoms. The second kappa shape index (κ2) is 8.06. The van der Waals surface area contributed by atoms with Gasteiger partial charge in [0.25, 0.3) is 5.91 Å². The zero-order chi connectivity index (χ0) is 18.7. The van der Waals surface area contributed by atoms with Gasteiger partial charge in [0.2, 0.25) is 5.91 Å². The molecule has 0 radical (unpaired) electrons. The number of carbonyl (C=O) groups is 2. The van der Waals surface area contributed by atoms with Crippen LogP contribution in [0.25, 0.3) is 0 Å². The fourth-order valence-corrected chi connectivity index (χ4v) is 3.48. The zero-order valence-corrected chi connectivity index (χ0v) is 15.4. The standard InChI is InChI=1S/C19H17Cl2FN2O2/c20-14-5-3-6-15(21)17(14)23-18(25)12-8-10-24(11-9-12)19(26)13-4-1-2-7-16(13)22/h1-7,12H,8-11H2,(H,23,25). The minimum atomic E-state index is -0.536. The van der Waals surface area contributed by atoms with Crippen LogP contribution in [0.1, 0.15) is 23.2 Å². The molecule has 3 rings (SSSR count). The lowest BCUT2D eigenvalue weighted by molar-refractivity contribution is -0.121. The number of rotatable bonds is 3. The van der Waals surface area contributed by atoms with Crippen LogP contribution in [0.5, 0.6) is 0 Å². The molecule has 26 heavy (non-hydrogen) atoms. The van der Waals surface area contributed by atoms with Crippen LogP contribution in [-0.2, 0) is 4.79 Å². The maximum absolute atomic E-state index is 13.8. The predicted octanol–water partition coefficient (Wildman–Crippen LogP) is 4.62. The molecule has 0 saturated carbocycles. The molecule has 0 unspecified atom stereocenters. The van der Waals surface area contributed by atoms with Crippen molar-refractivity contribution >= 4 is 40.7 Å². The van der Waals surface area contributed by atoms with Gasteiger partial charge < -0.3 is 10.2 Å². The van der Waals surface area contributed by atoms with Crippen molar-refractivity contribution in [3.63, 3.8) is 0 Å². The third-order valence-electron chi connectivity index (χ3n) is 4.47. The van der Waals surface area contributed by atoms with Crippen LogP contribution in [-0.4, -0.2) is 29.8 Å². The number of hydrogen-bond donors (Lipinski definition) is 1. The molecule has 0 aromatic heterocycles. The summed E-state index contributed by atoms with van der Waals surface area (Å²) in [5, 5.41) is 3.51. The van der Waals surface area contributed by atoms with E-state index >= 15 is 0 Å². The molecule has 1 aliphatic heterocycles. The van der Waals surface area contributed by atoms with E-state index in [1.54, 1.807) is 35.2 Å². The first-order valence-corrected chi connectivity index (χ1v) is 9.01. The number of para-hydroxylation sites is 1. The molecule has 1 heterocycles.